The zero-order valence-electron chi connectivity index (χ0n) is 26.9. The van der Waals surface area contributed by atoms with E-state index < -0.39 is 52.7 Å². The molecule has 51 heavy (non-hydrogen) atoms. The number of hydrogen-bond donors (Lipinski definition) is 8. The second-order valence-electron chi connectivity index (χ2n) is 11.9. The van der Waals surface area contributed by atoms with E-state index in [0.717, 1.165) is 35.4 Å². The minimum Gasteiger partial charge on any atom is -0.507 e. The number of carbonyl (C=O) groups is 1. The highest BCUT2D eigenvalue weighted by molar-refractivity contribution is 7.98. The van der Waals surface area contributed by atoms with Crippen LogP contribution in [0, 0.1) is 0 Å². The van der Waals surface area contributed by atoms with Crippen molar-refractivity contribution in [3.8, 4) is 51.7 Å². The molecule has 2 atom stereocenters. The monoisotopic (exact) mass is 730 g/mol. The summed E-state index contributed by atoms with van der Waals surface area (Å²) in [5.41, 5.74) is 2.79. The molecule has 0 radical (unpaired) electrons. The van der Waals surface area contributed by atoms with Gasteiger partial charge in [0.05, 0.1) is 5.56 Å². The van der Waals surface area contributed by atoms with Crippen LogP contribution in [0.2, 0.25) is 0 Å². The van der Waals surface area contributed by atoms with Gasteiger partial charge < -0.3 is 50.3 Å². The highest BCUT2D eigenvalue weighted by Gasteiger charge is 2.40. The van der Waals surface area contributed by atoms with Gasteiger partial charge in [-0.2, -0.15) is 23.5 Å². The molecule has 1 aliphatic heterocycles. The van der Waals surface area contributed by atoms with Crippen LogP contribution in [0.5, 0.6) is 51.7 Å². The van der Waals surface area contributed by atoms with Crippen molar-refractivity contribution in [1.29, 1.82) is 0 Å². The minimum absolute atomic E-state index is 0.0898. The molecule has 0 aromatic heterocycles. The SMILES string of the molecule is O=C(O[C@@H]1Cc2c(O)c(CSCc3ccccc3)c(O)c(CSCc3ccccc3)c2O[C@@H]1c1cc(O)c(O)c(O)c1)c1cc(O)c(O)c(O)c1. The Bertz CT molecular complexity index is 2010. The number of phenolic OH excluding ortho intramolecular Hbond substituents is 8. The summed E-state index contributed by atoms with van der Waals surface area (Å²) >= 11 is 2.99. The Morgan fingerprint density at radius 2 is 1.12 bits per heavy atom. The Labute approximate surface area is 301 Å². The van der Waals surface area contributed by atoms with Crippen LogP contribution >= 0.6 is 23.5 Å². The topological polar surface area (TPSA) is 197 Å². The molecule has 8 N–H and O–H groups in total. The molecular formula is C38H34O11S2. The van der Waals surface area contributed by atoms with Gasteiger partial charge in [0.15, 0.2) is 40.6 Å². The number of aromatic hydroxyl groups is 8. The molecule has 1 aliphatic rings. The number of hydrogen-bond acceptors (Lipinski definition) is 13. The van der Waals surface area contributed by atoms with Gasteiger partial charge in [0.25, 0.3) is 0 Å². The van der Waals surface area contributed by atoms with E-state index >= 15 is 0 Å². The maximum atomic E-state index is 13.4. The number of fused-ring (bicyclic) bond motifs is 1. The summed E-state index contributed by atoms with van der Waals surface area (Å²) < 4.78 is 12.3. The molecule has 0 saturated heterocycles. The lowest BCUT2D eigenvalue weighted by Gasteiger charge is -2.36. The molecule has 0 saturated carbocycles. The quantitative estimate of drug-likeness (QED) is 0.0507. The predicted octanol–water partition coefficient (Wildman–Crippen LogP) is 7.10. The van der Waals surface area contributed by atoms with Crippen LogP contribution in [-0.4, -0.2) is 52.9 Å². The zero-order chi connectivity index (χ0) is 36.2. The summed E-state index contributed by atoms with van der Waals surface area (Å²) in [5, 5.41) is 84.0. The lowest BCUT2D eigenvalue weighted by atomic mass is 9.90. The van der Waals surface area contributed by atoms with E-state index in [9.17, 15) is 45.6 Å². The third kappa shape index (κ3) is 7.64. The van der Waals surface area contributed by atoms with Crippen molar-refractivity contribution in [2.24, 2.45) is 0 Å². The van der Waals surface area contributed by atoms with Crippen molar-refractivity contribution >= 4 is 29.5 Å². The first kappa shape index (κ1) is 35.3. The van der Waals surface area contributed by atoms with Gasteiger partial charge in [0.2, 0.25) is 0 Å². The van der Waals surface area contributed by atoms with Crippen LogP contribution in [0.15, 0.2) is 84.9 Å². The van der Waals surface area contributed by atoms with E-state index in [1.807, 2.05) is 60.7 Å². The number of esters is 1. The first-order chi connectivity index (χ1) is 24.5. The van der Waals surface area contributed by atoms with Crippen molar-refractivity contribution < 1.29 is 55.1 Å². The number of ether oxygens (including phenoxy) is 2. The molecule has 6 rings (SSSR count). The molecule has 0 fully saturated rings. The van der Waals surface area contributed by atoms with E-state index in [-0.39, 0.29) is 57.4 Å². The maximum Gasteiger partial charge on any atom is 0.338 e. The van der Waals surface area contributed by atoms with Gasteiger partial charge in [0, 0.05) is 51.7 Å². The molecule has 13 heteroatoms. The summed E-state index contributed by atoms with van der Waals surface area (Å²) in [6.45, 7) is 0. The Morgan fingerprint density at radius 3 is 1.65 bits per heavy atom. The van der Waals surface area contributed by atoms with Gasteiger partial charge in [-0.3, -0.25) is 0 Å². The molecule has 0 bridgehead atoms. The van der Waals surface area contributed by atoms with Gasteiger partial charge in [-0.15, -0.1) is 0 Å². The van der Waals surface area contributed by atoms with Gasteiger partial charge in [-0.25, -0.2) is 4.79 Å². The molecule has 11 nitrogen and oxygen atoms in total. The van der Waals surface area contributed by atoms with E-state index in [1.165, 1.54) is 23.5 Å². The van der Waals surface area contributed by atoms with Crippen molar-refractivity contribution in [1.82, 2.24) is 0 Å². The highest BCUT2D eigenvalue weighted by atomic mass is 32.2. The van der Waals surface area contributed by atoms with Gasteiger partial charge in [-0.05, 0) is 35.4 Å². The van der Waals surface area contributed by atoms with Gasteiger partial charge in [0.1, 0.15) is 23.4 Å². The van der Waals surface area contributed by atoms with Crippen molar-refractivity contribution in [2.45, 2.75) is 41.6 Å². The largest absolute Gasteiger partial charge is 0.507 e. The van der Waals surface area contributed by atoms with E-state index in [4.69, 9.17) is 9.47 Å². The molecule has 0 unspecified atom stereocenters. The van der Waals surface area contributed by atoms with E-state index in [0.29, 0.717) is 17.1 Å². The van der Waals surface area contributed by atoms with Gasteiger partial charge >= 0.3 is 5.97 Å². The Hall–Kier alpha value is -5.53. The molecule has 0 amide bonds. The summed E-state index contributed by atoms with van der Waals surface area (Å²) in [4.78, 5) is 13.4. The molecule has 0 spiro atoms. The first-order valence-electron chi connectivity index (χ1n) is 15.7. The number of phenols is 8. The summed E-state index contributed by atoms with van der Waals surface area (Å²) in [6, 6.07) is 23.5. The van der Waals surface area contributed by atoms with Crippen LogP contribution in [0.3, 0.4) is 0 Å². The summed E-state index contributed by atoms with van der Waals surface area (Å²) in [6.07, 6.45) is -2.67. The lowest BCUT2D eigenvalue weighted by molar-refractivity contribution is -0.0192. The number of thioether (sulfide) groups is 2. The standard InChI is InChI=1S/C38H34O11S2/c39-27-11-22(12-28(40)34(27)45)36-31(48-38(47)23-13-29(41)35(46)30(42)14-23)15-24-32(43)25(18-50-16-20-7-3-1-4-8-20)33(44)26(37(24)49-36)19-51-17-21-9-5-2-6-10-21/h1-14,31,36,39-46H,15-19H2/t31-,36-/m1/s1. The molecular weight excluding hydrogens is 697 g/mol. The Morgan fingerprint density at radius 1 is 0.627 bits per heavy atom. The number of benzene rings is 5. The summed E-state index contributed by atoms with van der Waals surface area (Å²) in [7, 11) is 0. The van der Waals surface area contributed by atoms with Crippen LogP contribution in [0.25, 0.3) is 0 Å². The van der Waals surface area contributed by atoms with E-state index in [2.05, 4.69) is 0 Å². The first-order valence-corrected chi connectivity index (χ1v) is 18.0. The number of carbonyl (C=O) groups excluding carboxylic acids is 1. The maximum absolute atomic E-state index is 13.4. The fourth-order valence-electron chi connectivity index (χ4n) is 5.78. The zero-order valence-corrected chi connectivity index (χ0v) is 28.5. The van der Waals surface area contributed by atoms with E-state index in [1.54, 1.807) is 0 Å². The Kier molecular flexibility index (Phi) is 10.5. The third-order valence-corrected chi connectivity index (χ3v) is 10.4. The van der Waals surface area contributed by atoms with Gasteiger partial charge in [-0.1, -0.05) is 60.7 Å². The normalized spacial score (nSPS) is 15.1. The second-order valence-corrected chi connectivity index (χ2v) is 13.8. The minimum atomic E-state index is -1.26. The van der Waals surface area contributed by atoms with Crippen LogP contribution in [-0.2, 0) is 34.2 Å². The van der Waals surface area contributed by atoms with Crippen LogP contribution in [0.4, 0.5) is 0 Å². The second kappa shape index (κ2) is 15.2. The number of rotatable bonds is 11. The lowest BCUT2D eigenvalue weighted by Crippen LogP contribution is -2.35. The smallest absolute Gasteiger partial charge is 0.338 e. The summed E-state index contributed by atoms with van der Waals surface area (Å²) in [5.74, 6) is -4.09. The van der Waals surface area contributed by atoms with Crippen molar-refractivity contribution in [2.75, 3.05) is 0 Å². The van der Waals surface area contributed by atoms with Crippen LogP contribution in [0.1, 0.15) is 49.8 Å². The molecule has 5 aromatic rings. The fourth-order valence-corrected chi connectivity index (χ4v) is 7.79. The molecule has 5 aromatic carbocycles. The Balaban J connectivity index is 1.40. The fraction of sp³-hybridized carbons (Fsp3) is 0.184. The molecule has 264 valence electrons. The predicted molar refractivity (Wildman–Crippen MR) is 192 cm³/mol. The molecule has 1 heterocycles. The molecule has 0 aliphatic carbocycles. The van der Waals surface area contributed by atoms with Crippen molar-refractivity contribution in [3.05, 3.63) is 124 Å². The van der Waals surface area contributed by atoms with Crippen LogP contribution < -0.4 is 4.74 Å². The average molecular weight is 731 g/mol. The third-order valence-electron chi connectivity index (χ3n) is 8.38. The van der Waals surface area contributed by atoms with Crippen molar-refractivity contribution in [3.63, 3.8) is 0 Å². The average Bonchev–Trinajstić information content (AvgIpc) is 3.12. The highest BCUT2D eigenvalue weighted by Crippen LogP contribution is 2.52.